The highest BCUT2D eigenvalue weighted by Crippen LogP contribution is 2.20. The van der Waals surface area contributed by atoms with Gasteiger partial charge in [-0.1, -0.05) is 6.92 Å². The van der Waals surface area contributed by atoms with E-state index in [9.17, 15) is 4.39 Å². The number of halogens is 1. The van der Waals surface area contributed by atoms with Crippen LogP contribution < -0.4 is 5.32 Å². The minimum Gasteiger partial charge on any atom is -0.313 e. The summed E-state index contributed by atoms with van der Waals surface area (Å²) in [6, 6.07) is 4.92. The maximum Gasteiger partial charge on any atom is 0.123 e. The molecule has 0 aliphatic carbocycles. The van der Waals surface area contributed by atoms with Crippen molar-refractivity contribution < 1.29 is 4.39 Å². The van der Waals surface area contributed by atoms with Crippen LogP contribution in [0.1, 0.15) is 12.5 Å². The maximum absolute atomic E-state index is 12.9. The van der Waals surface area contributed by atoms with Crippen molar-refractivity contribution in [3.05, 3.63) is 29.6 Å². The van der Waals surface area contributed by atoms with Gasteiger partial charge in [-0.25, -0.2) is 4.39 Å². The van der Waals surface area contributed by atoms with E-state index in [1.807, 2.05) is 19.2 Å². The van der Waals surface area contributed by atoms with Gasteiger partial charge in [0.15, 0.2) is 0 Å². The lowest BCUT2D eigenvalue weighted by Gasteiger charge is -2.07. The number of hydrogen-bond acceptors (Lipinski definition) is 2. The van der Waals surface area contributed by atoms with Crippen LogP contribution >= 0.6 is 11.8 Å². The van der Waals surface area contributed by atoms with Crippen molar-refractivity contribution in [2.75, 3.05) is 12.8 Å². The molecule has 1 nitrogen and oxygen atoms in total. The molecule has 0 amide bonds. The van der Waals surface area contributed by atoms with Crippen LogP contribution in [0.25, 0.3) is 0 Å². The highest BCUT2D eigenvalue weighted by atomic mass is 32.2. The lowest BCUT2D eigenvalue weighted by molar-refractivity contribution is 0.619. The molecular weight excluding hydrogens is 185 g/mol. The average Bonchev–Trinajstić information content (AvgIpc) is 2.15. The SMILES string of the molecule is CCNCc1cc(F)ccc1SC. The molecule has 72 valence electrons. The molecule has 0 atom stereocenters. The van der Waals surface area contributed by atoms with Gasteiger partial charge in [0.25, 0.3) is 0 Å². The second kappa shape index (κ2) is 5.25. The number of hydrogen-bond donors (Lipinski definition) is 1. The molecule has 0 aromatic heterocycles. The van der Waals surface area contributed by atoms with E-state index in [1.54, 1.807) is 17.8 Å². The van der Waals surface area contributed by atoms with Crippen LogP contribution in [0.4, 0.5) is 4.39 Å². The fourth-order valence-electron chi connectivity index (χ4n) is 1.14. The van der Waals surface area contributed by atoms with Crippen LogP contribution in [0.3, 0.4) is 0 Å². The van der Waals surface area contributed by atoms with Crippen molar-refractivity contribution in [1.82, 2.24) is 5.32 Å². The predicted molar refractivity (Wildman–Crippen MR) is 55.6 cm³/mol. The van der Waals surface area contributed by atoms with Gasteiger partial charge in [-0.15, -0.1) is 11.8 Å². The van der Waals surface area contributed by atoms with Gasteiger partial charge in [0.05, 0.1) is 0 Å². The Bertz CT molecular complexity index is 276. The van der Waals surface area contributed by atoms with Crippen LogP contribution in [0, 0.1) is 5.82 Å². The molecular formula is C10H14FNS. The molecule has 0 heterocycles. The molecule has 1 aromatic rings. The minimum atomic E-state index is -0.161. The first-order valence-corrected chi connectivity index (χ1v) is 5.53. The smallest absolute Gasteiger partial charge is 0.123 e. The molecule has 0 fully saturated rings. The second-order valence-corrected chi connectivity index (χ2v) is 3.58. The lowest BCUT2D eigenvalue weighted by atomic mass is 10.2. The molecule has 1 aromatic carbocycles. The quantitative estimate of drug-likeness (QED) is 0.748. The molecule has 0 bridgehead atoms. The summed E-state index contributed by atoms with van der Waals surface area (Å²) in [5.41, 5.74) is 1.04. The van der Waals surface area contributed by atoms with E-state index in [4.69, 9.17) is 0 Å². The van der Waals surface area contributed by atoms with Gasteiger partial charge in [-0.05, 0) is 36.6 Å². The zero-order valence-electron chi connectivity index (χ0n) is 7.93. The van der Waals surface area contributed by atoms with Gasteiger partial charge in [-0.3, -0.25) is 0 Å². The molecule has 0 aliphatic rings. The molecule has 0 saturated heterocycles. The molecule has 0 unspecified atom stereocenters. The van der Waals surface area contributed by atoms with E-state index in [0.717, 1.165) is 23.5 Å². The number of rotatable bonds is 4. The van der Waals surface area contributed by atoms with Crippen molar-refractivity contribution >= 4 is 11.8 Å². The normalized spacial score (nSPS) is 10.4. The summed E-state index contributed by atoms with van der Waals surface area (Å²) in [5, 5.41) is 3.19. The fraction of sp³-hybridized carbons (Fsp3) is 0.400. The molecule has 13 heavy (non-hydrogen) atoms. The first-order valence-electron chi connectivity index (χ1n) is 4.31. The lowest BCUT2D eigenvalue weighted by Crippen LogP contribution is -2.12. The number of benzene rings is 1. The summed E-state index contributed by atoms with van der Waals surface area (Å²) in [7, 11) is 0. The van der Waals surface area contributed by atoms with Crippen molar-refractivity contribution in [2.24, 2.45) is 0 Å². The summed E-state index contributed by atoms with van der Waals surface area (Å²) in [6.07, 6.45) is 2.00. The highest BCUT2D eigenvalue weighted by molar-refractivity contribution is 7.98. The number of nitrogens with one attached hydrogen (secondary N) is 1. The van der Waals surface area contributed by atoms with E-state index < -0.39 is 0 Å². The van der Waals surface area contributed by atoms with Gasteiger partial charge in [0.2, 0.25) is 0 Å². The van der Waals surface area contributed by atoms with E-state index in [0.29, 0.717) is 0 Å². The molecule has 3 heteroatoms. The van der Waals surface area contributed by atoms with Crippen LogP contribution in [0.5, 0.6) is 0 Å². The first-order chi connectivity index (χ1) is 6.27. The van der Waals surface area contributed by atoms with E-state index in [-0.39, 0.29) is 5.82 Å². The summed E-state index contributed by atoms with van der Waals surface area (Å²) >= 11 is 1.65. The van der Waals surface area contributed by atoms with Crippen molar-refractivity contribution in [1.29, 1.82) is 0 Å². The molecule has 1 rings (SSSR count). The van der Waals surface area contributed by atoms with E-state index >= 15 is 0 Å². The summed E-state index contributed by atoms with van der Waals surface area (Å²) in [4.78, 5) is 1.14. The Balaban J connectivity index is 2.81. The fourth-order valence-corrected chi connectivity index (χ4v) is 1.74. The average molecular weight is 199 g/mol. The Kier molecular flexibility index (Phi) is 4.25. The van der Waals surface area contributed by atoms with Crippen molar-refractivity contribution in [2.45, 2.75) is 18.4 Å². The van der Waals surface area contributed by atoms with Crippen LogP contribution in [0.15, 0.2) is 23.1 Å². The Morgan fingerprint density at radius 1 is 1.46 bits per heavy atom. The largest absolute Gasteiger partial charge is 0.313 e. The second-order valence-electron chi connectivity index (χ2n) is 2.74. The zero-order valence-corrected chi connectivity index (χ0v) is 8.75. The molecule has 0 aliphatic heterocycles. The van der Waals surface area contributed by atoms with E-state index in [2.05, 4.69) is 5.32 Å². The van der Waals surface area contributed by atoms with Crippen LogP contribution in [0.2, 0.25) is 0 Å². The standard InChI is InChI=1S/C10H14FNS/c1-3-12-7-8-6-9(11)4-5-10(8)13-2/h4-6,12H,3,7H2,1-2H3. The summed E-state index contributed by atoms with van der Waals surface area (Å²) < 4.78 is 12.9. The Morgan fingerprint density at radius 3 is 2.85 bits per heavy atom. The zero-order chi connectivity index (χ0) is 9.68. The Hall–Kier alpha value is -0.540. The third-order valence-corrected chi connectivity index (χ3v) is 2.65. The van der Waals surface area contributed by atoms with E-state index in [1.165, 1.54) is 6.07 Å². The van der Waals surface area contributed by atoms with Crippen LogP contribution in [-0.4, -0.2) is 12.8 Å². The third-order valence-electron chi connectivity index (χ3n) is 1.81. The van der Waals surface area contributed by atoms with Gasteiger partial charge in [0.1, 0.15) is 5.82 Å². The predicted octanol–water partition coefficient (Wildman–Crippen LogP) is 2.66. The monoisotopic (exact) mass is 199 g/mol. The summed E-state index contributed by atoms with van der Waals surface area (Å²) in [5.74, 6) is -0.161. The topological polar surface area (TPSA) is 12.0 Å². The Labute approximate surface area is 82.7 Å². The number of thioether (sulfide) groups is 1. The first kappa shape index (κ1) is 10.5. The molecule has 0 spiro atoms. The highest BCUT2D eigenvalue weighted by Gasteiger charge is 2.01. The van der Waals surface area contributed by atoms with Crippen LogP contribution in [-0.2, 0) is 6.54 Å². The minimum absolute atomic E-state index is 0.161. The van der Waals surface area contributed by atoms with Gasteiger partial charge < -0.3 is 5.32 Å². The van der Waals surface area contributed by atoms with Crippen molar-refractivity contribution in [3.8, 4) is 0 Å². The van der Waals surface area contributed by atoms with Gasteiger partial charge in [0, 0.05) is 11.4 Å². The summed E-state index contributed by atoms with van der Waals surface area (Å²) in [6.45, 7) is 3.69. The maximum atomic E-state index is 12.9. The van der Waals surface area contributed by atoms with Crippen molar-refractivity contribution in [3.63, 3.8) is 0 Å². The molecule has 1 N–H and O–H groups in total. The van der Waals surface area contributed by atoms with Gasteiger partial charge in [-0.2, -0.15) is 0 Å². The Morgan fingerprint density at radius 2 is 2.23 bits per heavy atom. The third kappa shape index (κ3) is 3.01. The van der Waals surface area contributed by atoms with Gasteiger partial charge >= 0.3 is 0 Å². The molecule has 0 radical (unpaired) electrons. The molecule has 0 saturated carbocycles.